The van der Waals surface area contributed by atoms with Crippen molar-refractivity contribution in [2.24, 2.45) is 0 Å². The van der Waals surface area contributed by atoms with Crippen molar-refractivity contribution in [3.8, 4) is 0 Å². The van der Waals surface area contributed by atoms with E-state index in [0.29, 0.717) is 16.3 Å². The minimum atomic E-state index is -1.23. The fraction of sp³-hybridized carbons (Fsp3) is 0.154. The van der Waals surface area contributed by atoms with Crippen molar-refractivity contribution in [1.29, 1.82) is 0 Å². The van der Waals surface area contributed by atoms with Crippen LogP contribution in [0.3, 0.4) is 0 Å². The second-order valence-electron chi connectivity index (χ2n) is 4.04. The number of rotatable bonds is 3. The zero-order valence-corrected chi connectivity index (χ0v) is 10.9. The molecule has 6 heteroatoms. The number of aryl methyl sites for hydroxylation is 1. The predicted octanol–water partition coefficient (Wildman–Crippen LogP) is 1.95. The molecule has 0 spiro atoms. The van der Waals surface area contributed by atoms with E-state index in [0.717, 1.165) is 0 Å². The molecule has 0 aliphatic rings. The molecule has 0 bridgehead atoms. The molecule has 2 heterocycles. The predicted molar refractivity (Wildman–Crippen MR) is 70.7 cm³/mol. The second kappa shape index (κ2) is 5.24. The number of aromatic nitrogens is 2. The van der Waals surface area contributed by atoms with Crippen LogP contribution in [-0.4, -0.2) is 20.6 Å². The average molecular weight is 279 g/mol. The van der Waals surface area contributed by atoms with Gasteiger partial charge in [-0.05, 0) is 30.7 Å². The molecule has 19 heavy (non-hydrogen) atoms. The topological polar surface area (TPSA) is 72.2 Å². The van der Waals surface area contributed by atoms with E-state index in [-0.39, 0.29) is 12.1 Å². The van der Waals surface area contributed by atoms with Crippen molar-refractivity contribution in [3.63, 3.8) is 0 Å². The van der Waals surface area contributed by atoms with E-state index in [9.17, 15) is 9.59 Å². The lowest BCUT2D eigenvalue weighted by Crippen LogP contribution is -2.27. The van der Waals surface area contributed by atoms with Crippen LogP contribution in [0.4, 0.5) is 0 Å². The van der Waals surface area contributed by atoms with E-state index < -0.39 is 11.5 Å². The lowest BCUT2D eigenvalue weighted by molar-refractivity contribution is 0.0693. The van der Waals surface area contributed by atoms with Crippen molar-refractivity contribution in [1.82, 2.24) is 9.55 Å². The molecule has 5 nitrogen and oxygen atoms in total. The second-order valence-corrected chi connectivity index (χ2v) is 4.45. The molecule has 0 aliphatic heterocycles. The highest BCUT2D eigenvalue weighted by Gasteiger charge is 2.15. The molecule has 0 amide bonds. The Morgan fingerprint density at radius 1 is 1.47 bits per heavy atom. The molecule has 2 aromatic rings. The Balaban J connectivity index is 2.48. The molecule has 0 saturated heterocycles. The van der Waals surface area contributed by atoms with Crippen molar-refractivity contribution in [2.45, 2.75) is 13.5 Å². The standard InChI is InChI=1S/C13H11ClN2O3/c1-8-4-6-16(12(17)11(8)13(18)19)7-10-9(14)3-2-5-15-10/h2-6H,7H2,1H3,(H,18,19). The van der Waals surface area contributed by atoms with Crippen LogP contribution in [0.2, 0.25) is 5.02 Å². The van der Waals surface area contributed by atoms with E-state index in [1.807, 2.05) is 0 Å². The summed E-state index contributed by atoms with van der Waals surface area (Å²) in [6.45, 7) is 1.72. The maximum atomic E-state index is 12.1. The van der Waals surface area contributed by atoms with Gasteiger partial charge >= 0.3 is 5.97 Å². The van der Waals surface area contributed by atoms with E-state index in [2.05, 4.69) is 4.98 Å². The van der Waals surface area contributed by atoms with Crippen LogP contribution in [0.1, 0.15) is 21.6 Å². The van der Waals surface area contributed by atoms with Crippen molar-refractivity contribution in [3.05, 3.63) is 62.8 Å². The van der Waals surface area contributed by atoms with Gasteiger partial charge in [0.2, 0.25) is 0 Å². The third-order valence-corrected chi connectivity index (χ3v) is 3.09. The van der Waals surface area contributed by atoms with Crippen LogP contribution in [0, 0.1) is 6.92 Å². The third-order valence-electron chi connectivity index (χ3n) is 2.74. The van der Waals surface area contributed by atoms with E-state index in [1.54, 1.807) is 31.3 Å². The molecule has 1 N–H and O–H groups in total. The summed E-state index contributed by atoms with van der Waals surface area (Å²) in [7, 11) is 0. The van der Waals surface area contributed by atoms with Gasteiger partial charge in [0.05, 0.1) is 17.3 Å². The van der Waals surface area contributed by atoms with Crippen LogP contribution in [0.25, 0.3) is 0 Å². The van der Waals surface area contributed by atoms with Crippen molar-refractivity contribution in [2.75, 3.05) is 0 Å². The van der Waals surface area contributed by atoms with Gasteiger partial charge in [-0.3, -0.25) is 9.78 Å². The average Bonchev–Trinajstić information content (AvgIpc) is 2.35. The van der Waals surface area contributed by atoms with Gasteiger partial charge in [0, 0.05) is 12.4 Å². The summed E-state index contributed by atoms with van der Waals surface area (Å²) in [6.07, 6.45) is 3.10. The fourth-order valence-corrected chi connectivity index (χ4v) is 1.93. The summed E-state index contributed by atoms with van der Waals surface area (Å²) < 4.78 is 1.28. The Hall–Kier alpha value is -2.14. The first-order chi connectivity index (χ1) is 9.00. The van der Waals surface area contributed by atoms with Gasteiger partial charge in [0.15, 0.2) is 0 Å². The minimum absolute atomic E-state index is 0.138. The summed E-state index contributed by atoms with van der Waals surface area (Å²) in [6, 6.07) is 4.94. The first kappa shape index (κ1) is 13.3. The zero-order valence-electron chi connectivity index (χ0n) is 10.1. The van der Waals surface area contributed by atoms with Gasteiger partial charge in [-0.15, -0.1) is 0 Å². The van der Waals surface area contributed by atoms with Gasteiger partial charge in [-0.25, -0.2) is 4.79 Å². The van der Waals surface area contributed by atoms with Crippen LogP contribution < -0.4 is 5.56 Å². The summed E-state index contributed by atoms with van der Waals surface area (Å²) >= 11 is 5.97. The van der Waals surface area contributed by atoms with Gasteiger partial charge in [-0.2, -0.15) is 0 Å². The first-order valence-corrected chi connectivity index (χ1v) is 5.91. The van der Waals surface area contributed by atoms with Crippen molar-refractivity contribution >= 4 is 17.6 Å². The zero-order chi connectivity index (χ0) is 14.0. The summed E-state index contributed by atoms with van der Waals surface area (Å²) in [5, 5.41) is 9.47. The van der Waals surface area contributed by atoms with Crippen LogP contribution in [-0.2, 0) is 6.54 Å². The number of carboxylic acid groups (broad SMARTS) is 1. The number of aromatic carboxylic acids is 1. The lowest BCUT2D eigenvalue weighted by atomic mass is 10.1. The molecule has 0 fully saturated rings. The molecule has 98 valence electrons. The van der Waals surface area contributed by atoms with E-state index in [4.69, 9.17) is 16.7 Å². The monoisotopic (exact) mass is 278 g/mol. The molecular formula is C13H11ClN2O3. The Kier molecular flexibility index (Phi) is 3.66. The van der Waals surface area contributed by atoms with Crippen LogP contribution in [0.5, 0.6) is 0 Å². The molecule has 0 unspecified atom stereocenters. The molecule has 0 radical (unpaired) electrons. The van der Waals surface area contributed by atoms with Gasteiger partial charge in [-0.1, -0.05) is 11.6 Å². The molecule has 0 saturated carbocycles. The summed E-state index contributed by atoms with van der Waals surface area (Å²) in [5.74, 6) is -1.23. The normalized spacial score (nSPS) is 10.4. The maximum Gasteiger partial charge on any atom is 0.341 e. The number of carboxylic acids is 1. The minimum Gasteiger partial charge on any atom is -0.477 e. The first-order valence-electron chi connectivity index (χ1n) is 5.53. The highest BCUT2D eigenvalue weighted by atomic mass is 35.5. The molecule has 0 aliphatic carbocycles. The van der Waals surface area contributed by atoms with Gasteiger partial charge < -0.3 is 9.67 Å². The van der Waals surface area contributed by atoms with Gasteiger partial charge in [0.25, 0.3) is 5.56 Å². The number of hydrogen-bond donors (Lipinski definition) is 1. The highest BCUT2D eigenvalue weighted by Crippen LogP contribution is 2.13. The smallest absolute Gasteiger partial charge is 0.341 e. The number of hydrogen-bond acceptors (Lipinski definition) is 3. The van der Waals surface area contributed by atoms with Crippen molar-refractivity contribution < 1.29 is 9.90 Å². The number of carbonyl (C=O) groups is 1. The Bertz CT molecular complexity index is 695. The molecular weight excluding hydrogens is 268 g/mol. The van der Waals surface area contributed by atoms with E-state index in [1.165, 1.54) is 10.8 Å². The van der Waals surface area contributed by atoms with Crippen LogP contribution in [0.15, 0.2) is 35.4 Å². The molecule has 0 atom stereocenters. The van der Waals surface area contributed by atoms with Crippen LogP contribution >= 0.6 is 11.6 Å². The fourth-order valence-electron chi connectivity index (χ4n) is 1.75. The quantitative estimate of drug-likeness (QED) is 0.931. The van der Waals surface area contributed by atoms with E-state index >= 15 is 0 Å². The summed E-state index contributed by atoms with van der Waals surface area (Å²) in [5.41, 5.74) is 0.163. The number of halogens is 1. The lowest BCUT2D eigenvalue weighted by Gasteiger charge is -2.09. The molecule has 0 aromatic carbocycles. The maximum absolute atomic E-state index is 12.1. The largest absolute Gasteiger partial charge is 0.477 e. The Morgan fingerprint density at radius 2 is 2.21 bits per heavy atom. The Labute approximate surface area is 114 Å². The molecule has 2 rings (SSSR count). The molecule has 2 aromatic heterocycles. The SMILES string of the molecule is Cc1ccn(Cc2ncccc2Cl)c(=O)c1C(=O)O. The summed E-state index contributed by atoms with van der Waals surface area (Å²) in [4.78, 5) is 27.2. The number of pyridine rings is 2. The van der Waals surface area contributed by atoms with Gasteiger partial charge in [0.1, 0.15) is 5.56 Å². The third kappa shape index (κ3) is 2.66. The highest BCUT2D eigenvalue weighted by molar-refractivity contribution is 6.31. The Morgan fingerprint density at radius 3 is 2.84 bits per heavy atom. The number of nitrogens with zero attached hydrogens (tertiary/aromatic N) is 2.